The van der Waals surface area contributed by atoms with Crippen LogP contribution in [0.25, 0.3) is 0 Å². The maximum atomic E-state index is 13.0. The third kappa shape index (κ3) is 22.0. The van der Waals surface area contributed by atoms with Crippen LogP contribution in [0.2, 0.25) is 0 Å². The van der Waals surface area contributed by atoms with Crippen molar-refractivity contribution < 1.29 is 116 Å². The average Bonchev–Trinajstić information content (AvgIpc) is 3.01. The highest BCUT2D eigenvalue weighted by molar-refractivity contribution is 6.00. The van der Waals surface area contributed by atoms with E-state index in [2.05, 4.69) is 0 Å². The topological polar surface area (TPSA) is 470 Å². The summed E-state index contributed by atoms with van der Waals surface area (Å²) in [6.07, 6.45) is -12.4. The van der Waals surface area contributed by atoms with Crippen molar-refractivity contribution in [2.75, 3.05) is 0 Å². The number of aliphatic carboxylic acids is 8. The van der Waals surface area contributed by atoms with Crippen molar-refractivity contribution in [3.05, 3.63) is 0 Å². The first-order chi connectivity index (χ1) is 25.5. The van der Waals surface area contributed by atoms with Gasteiger partial charge in [0.05, 0.1) is 44.6 Å². The number of carbonyl (C=O) groups is 13. The van der Waals surface area contributed by atoms with E-state index in [0.717, 1.165) is 0 Å². The molecule has 0 aliphatic heterocycles. The normalized spacial score (nSPS) is 13.8. The number of carboxylic acid groups (broad SMARTS) is 8. The van der Waals surface area contributed by atoms with Crippen molar-refractivity contribution in [3.63, 3.8) is 0 Å². The van der Waals surface area contributed by atoms with Crippen molar-refractivity contribution in [2.24, 2.45) is 5.73 Å². The predicted octanol–water partition coefficient (Wildman–Crippen LogP) is -5.70. The summed E-state index contributed by atoms with van der Waals surface area (Å²) in [4.78, 5) is 151. The summed E-state index contributed by atoms with van der Waals surface area (Å²) >= 11 is 0. The minimum absolute atomic E-state index is 0.957. The number of nitrogens with two attached hydrogens (primary N) is 1. The Hall–Kier alpha value is -7.14. The minimum Gasteiger partial charge on any atom is -0.481 e. The van der Waals surface area contributed by atoms with Crippen molar-refractivity contribution in [3.8, 4) is 0 Å². The van der Waals surface area contributed by atoms with Gasteiger partial charge in [-0.05, 0) is 0 Å². The number of halogens is 3. The molecule has 0 aliphatic rings. The molecule has 56 heavy (non-hydrogen) atoms. The van der Waals surface area contributed by atoms with E-state index in [1.54, 1.807) is 21.3 Å². The monoisotopic (exact) mass is 822 g/mol. The number of hydrogen-bond acceptors (Lipinski definition) is 14. The molecule has 6 atom stereocenters. The van der Waals surface area contributed by atoms with Gasteiger partial charge in [0.25, 0.3) is 0 Å². The molecule has 30 heteroatoms. The minimum atomic E-state index is -5.08. The van der Waals surface area contributed by atoms with E-state index in [9.17, 15) is 80.9 Å². The van der Waals surface area contributed by atoms with E-state index in [1.165, 1.54) is 0 Å². The number of carboxylic acids is 8. The summed E-state index contributed by atoms with van der Waals surface area (Å²) in [6, 6.07) is -12.7. The quantitative estimate of drug-likeness (QED) is 0.0456. The van der Waals surface area contributed by atoms with Gasteiger partial charge < -0.3 is 73.2 Å². The third-order valence-corrected chi connectivity index (χ3v) is 6.01. The molecular weight excluding hydrogens is 789 g/mol. The molecule has 0 spiro atoms. The molecule has 0 fully saturated rings. The van der Waals surface area contributed by atoms with Crippen LogP contribution in [0.4, 0.5) is 13.2 Å². The van der Waals surface area contributed by atoms with Crippen LogP contribution in [0.3, 0.4) is 0 Å². The molecule has 0 radical (unpaired) electrons. The lowest BCUT2D eigenvalue weighted by atomic mass is 10.1. The predicted molar refractivity (Wildman–Crippen MR) is 162 cm³/mol. The van der Waals surface area contributed by atoms with Crippen LogP contribution in [-0.2, 0) is 62.3 Å². The van der Waals surface area contributed by atoms with Crippen molar-refractivity contribution >= 4 is 77.3 Å². The highest BCUT2D eigenvalue weighted by Crippen LogP contribution is 2.13. The second-order valence-electron chi connectivity index (χ2n) is 10.6. The van der Waals surface area contributed by atoms with E-state index in [0.29, 0.717) is 0 Å². The highest BCUT2D eigenvalue weighted by Gasteiger charge is 2.38. The Labute approximate surface area is 307 Å². The van der Waals surface area contributed by atoms with Gasteiger partial charge in [0.15, 0.2) is 0 Å². The largest absolute Gasteiger partial charge is 0.490 e. The summed E-state index contributed by atoms with van der Waals surface area (Å²) in [6.45, 7) is 0. The third-order valence-electron chi connectivity index (χ3n) is 6.01. The number of carbonyl (C=O) groups excluding carboxylic acids is 5. The fourth-order valence-electron chi connectivity index (χ4n) is 3.56. The molecule has 0 saturated heterocycles. The van der Waals surface area contributed by atoms with Crippen LogP contribution in [-0.4, -0.2) is 161 Å². The smallest absolute Gasteiger partial charge is 0.481 e. The Morgan fingerprint density at radius 2 is 0.589 bits per heavy atom. The average molecular weight is 823 g/mol. The molecule has 0 aromatic carbocycles. The number of nitrogens with one attached hydrogen (secondary N) is 5. The maximum Gasteiger partial charge on any atom is 0.490 e. The van der Waals surface area contributed by atoms with Gasteiger partial charge in [0, 0.05) is 0 Å². The SMILES string of the molecule is N[C@@H](CC(=O)O)C(=O)N[C@@H](CC(=O)O)C(=O)N[C@@H](CC(=O)O)C(=O)N[C@@H](CC(=O)O)C(=O)N[C@@H](CC(=O)O)C(=O)N[C@@H](CC(=O)O)C(=O)O.O=C(O)C(F)(F)F. The Morgan fingerprint density at radius 1 is 0.393 bits per heavy atom. The highest BCUT2D eigenvalue weighted by atomic mass is 19.4. The molecule has 0 saturated carbocycles. The molecule has 15 N–H and O–H groups in total. The number of rotatable bonds is 23. The van der Waals surface area contributed by atoms with Gasteiger partial charge in [-0.25, -0.2) is 9.59 Å². The number of hydrogen-bond donors (Lipinski definition) is 14. The molecule has 0 bridgehead atoms. The number of amides is 5. The fraction of sp³-hybridized carbons (Fsp3) is 0.500. The van der Waals surface area contributed by atoms with E-state index >= 15 is 0 Å². The molecule has 0 unspecified atom stereocenters. The number of alkyl halides is 3. The van der Waals surface area contributed by atoms with Crippen LogP contribution >= 0.6 is 0 Å². The molecule has 314 valence electrons. The van der Waals surface area contributed by atoms with Crippen LogP contribution in [0, 0.1) is 0 Å². The first-order valence-corrected chi connectivity index (χ1v) is 14.6. The molecule has 0 heterocycles. The second kappa shape index (κ2) is 23.5. The first kappa shape index (κ1) is 51.0. The van der Waals surface area contributed by atoms with Crippen molar-refractivity contribution in [1.29, 1.82) is 0 Å². The lowest BCUT2D eigenvalue weighted by molar-refractivity contribution is -0.192. The Balaban J connectivity index is 0. The Kier molecular flexibility index (Phi) is 21.4. The molecule has 5 amide bonds. The molecule has 27 nitrogen and oxygen atoms in total. The summed E-state index contributed by atoms with van der Waals surface area (Å²) in [5.74, 6) is -22.6. The van der Waals surface area contributed by atoms with E-state index in [4.69, 9.17) is 41.2 Å². The van der Waals surface area contributed by atoms with Crippen LogP contribution < -0.4 is 32.3 Å². The van der Waals surface area contributed by atoms with Crippen molar-refractivity contribution in [1.82, 2.24) is 26.6 Å². The molecule has 0 aromatic rings. The van der Waals surface area contributed by atoms with Gasteiger partial charge in [-0.15, -0.1) is 0 Å². The lowest BCUT2D eigenvalue weighted by Gasteiger charge is -2.25. The van der Waals surface area contributed by atoms with Gasteiger partial charge in [0.1, 0.15) is 30.2 Å². The lowest BCUT2D eigenvalue weighted by Crippen LogP contribution is -2.60. The van der Waals surface area contributed by atoms with E-state index < -0.39 is 158 Å². The second-order valence-corrected chi connectivity index (χ2v) is 10.6. The van der Waals surface area contributed by atoms with Gasteiger partial charge in [-0.2, -0.15) is 13.2 Å². The zero-order chi connectivity index (χ0) is 44.2. The standard InChI is InChI=1S/C24H32N6O19.C2HF3O2/c25-7(1-13(31)32)19(43)26-8(2-14(33)34)20(44)27-9(3-15(35)36)21(45)28-10(4-16(37)38)22(46)29-11(5-17(39)40)23(47)30-12(24(48)49)6-18(41)42;3-2(4,5)1(6)7/h7-12H,1-6,25H2,(H,26,43)(H,27,44)(H,28,45)(H,29,46)(H,30,47)(H,31,32)(H,33,34)(H,35,36)(H,37,38)(H,39,40)(H,41,42)(H,48,49);(H,6,7)/t7-,8-,9-,10-,11-,12-;/m0./s1. The summed E-state index contributed by atoms with van der Waals surface area (Å²) < 4.78 is 31.7. The Morgan fingerprint density at radius 3 is 0.786 bits per heavy atom. The first-order valence-electron chi connectivity index (χ1n) is 14.6. The summed E-state index contributed by atoms with van der Waals surface area (Å²) in [7, 11) is 0. The summed E-state index contributed by atoms with van der Waals surface area (Å²) in [5.41, 5.74) is 5.36. The zero-order valence-electron chi connectivity index (χ0n) is 27.8. The van der Waals surface area contributed by atoms with Gasteiger partial charge >= 0.3 is 53.9 Å². The van der Waals surface area contributed by atoms with Gasteiger partial charge in [0.2, 0.25) is 29.5 Å². The van der Waals surface area contributed by atoms with Crippen molar-refractivity contribution in [2.45, 2.75) is 81.0 Å². The van der Waals surface area contributed by atoms with Gasteiger partial charge in [-0.1, -0.05) is 0 Å². The zero-order valence-corrected chi connectivity index (χ0v) is 27.8. The molecular formula is C26H33F3N6O21. The Bertz CT molecular complexity index is 1570. The van der Waals surface area contributed by atoms with Crippen LogP contribution in [0.15, 0.2) is 0 Å². The van der Waals surface area contributed by atoms with Crippen LogP contribution in [0.1, 0.15) is 38.5 Å². The van der Waals surface area contributed by atoms with E-state index in [-0.39, 0.29) is 0 Å². The van der Waals surface area contributed by atoms with Gasteiger partial charge in [-0.3, -0.25) is 52.7 Å². The molecule has 0 rings (SSSR count). The maximum absolute atomic E-state index is 13.0. The van der Waals surface area contributed by atoms with Crippen LogP contribution in [0.5, 0.6) is 0 Å². The molecule has 0 aliphatic carbocycles. The van der Waals surface area contributed by atoms with E-state index in [1.807, 2.05) is 5.32 Å². The fourth-order valence-corrected chi connectivity index (χ4v) is 3.56. The molecule has 0 aromatic heterocycles. The summed E-state index contributed by atoms with van der Waals surface area (Å²) in [5, 5.41) is 79.3.